The van der Waals surface area contributed by atoms with E-state index in [2.05, 4.69) is 4.98 Å². The second-order valence-corrected chi connectivity index (χ2v) is 10.9. The van der Waals surface area contributed by atoms with Crippen molar-refractivity contribution in [3.8, 4) is 0 Å². The maximum absolute atomic E-state index is 13.1. The summed E-state index contributed by atoms with van der Waals surface area (Å²) < 4.78 is 29.0. The van der Waals surface area contributed by atoms with Gasteiger partial charge in [-0.2, -0.15) is 0 Å². The van der Waals surface area contributed by atoms with Crippen molar-refractivity contribution in [2.45, 2.75) is 30.0 Å². The average molecular weight is 457 g/mol. The first kappa shape index (κ1) is 21.1. The van der Waals surface area contributed by atoms with E-state index >= 15 is 0 Å². The molecule has 1 N–H and O–H groups in total. The Bertz CT molecular complexity index is 1180. The molecule has 3 rings (SSSR count). The van der Waals surface area contributed by atoms with Crippen LogP contribution in [0.1, 0.15) is 28.4 Å². The number of aryl methyl sites for hydroxylation is 1. The molecule has 0 saturated carbocycles. The topological polar surface area (TPSA) is 87.6 Å². The highest BCUT2D eigenvalue weighted by atomic mass is 35.5. The monoisotopic (exact) mass is 456 g/mol. The number of sulfonamides is 1. The summed E-state index contributed by atoms with van der Waals surface area (Å²) in [5.74, 6) is -1.16. The highest BCUT2D eigenvalue weighted by molar-refractivity contribution is 8.09. The minimum Gasteiger partial charge on any atom is -0.478 e. The van der Waals surface area contributed by atoms with Crippen molar-refractivity contribution < 1.29 is 18.3 Å². The molecule has 0 amide bonds. The second kappa shape index (κ2) is 8.00. The van der Waals surface area contributed by atoms with Gasteiger partial charge in [0.1, 0.15) is 0 Å². The first-order valence-corrected chi connectivity index (χ1v) is 11.7. The molecule has 2 aromatic carbocycles. The highest BCUT2D eigenvalue weighted by Gasteiger charge is 2.27. The number of carbonyl (C=O) groups is 1. The molecule has 6 nitrogen and oxygen atoms in total. The zero-order valence-electron chi connectivity index (χ0n) is 15.3. The van der Waals surface area contributed by atoms with Crippen LogP contribution in [0.3, 0.4) is 0 Å². The number of nitrogens with zero attached hydrogens (tertiary/aromatic N) is 2. The number of hydrogen-bond donors (Lipinski definition) is 1. The van der Waals surface area contributed by atoms with Crippen molar-refractivity contribution in [1.29, 1.82) is 0 Å². The van der Waals surface area contributed by atoms with E-state index in [-0.39, 0.29) is 17.0 Å². The van der Waals surface area contributed by atoms with Crippen LogP contribution in [0, 0.1) is 13.8 Å². The number of carboxylic acids is 1. The van der Waals surface area contributed by atoms with Gasteiger partial charge in [0.15, 0.2) is 4.34 Å². The van der Waals surface area contributed by atoms with Crippen LogP contribution in [0.2, 0.25) is 5.02 Å². The SMILES string of the molecule is CCN(Sc1nc2cc(Cl)ccc2s1)S(=O)(=O)c1cc(C)c(C)c(C(=O)O)c1. The summed E-state index contributed by atoms with van der Waals surface area (Å²) in [6, 6.07) is 8.03. The van der Waals surface area contributed by atoms with E-state index in [1.807, 2.05) is 6.07 Å². The van der Waals surface area contributed by atoms with Crippen LogP contribution in [0.5, 0.6) is 0 Å². The summed E-state index contributed by atoms with van der Waals surface area (Å²) in [4.78, 5) is 15.9. The van der Waals surface area contributed by atoms with Gasteiger partial charge in [-0.3, -0.25) is 0 Å². The molecule has 0 saturated heterocycles. The number of halogens is 1. The lowest BCUT2D eigenvalue weighted by Crippen LogP contribution is -2.25. The Balaban J connectivity index is 1.99. The van der Waals surface area contributed by atoms with Gasteiger partial charge >= 0.3 is 5.97 Å². The fourth-order valence-electron chi connectivity index (χ4n) is 2.60. The molecule has 148 valence electrons. The van der Waals surface area contributed by atoms with Crippen LogP contribution in [0.25, 0.3) is 10.2 Å². The molecule has 1 heterocycles. The molecule has 0 radical (unpaired) electrons. The van der Waals surface area contributed by atoms with Crippen LogP contribution < -0.4 is 0 Å². The first-order valence-electron chi connectivity index (χ1n) is 8.24. The van der Waals surface area contributed by atoms with E-state index in [1.54, 1.807) is 32.9 Å². The second-order valence-electron chi connectivity index (χ2n) is 6.03. The predicted molar refractivity (Wildman–Crippen MR) is 113 cm³/mol. The van der Waals surface area contributed by atoms with E-state index in [0.717, 1.165) is 16.6 Å². The number of rotatable bonds is 6. The first-order chi connectivity index (χ1) is 13.1. The van der Waals surface area contributed by atoms with Crippen LogP contribution in [0.15, 0.2) is 39.6 Å². The lowest BCUT2D eigenvalue weighted by Gasteiger charge is -2.19. The minimum atomic E-state index is -3.92. The number of aromatic nitrogens is 1. The fraction of sp³-hybridized carbons (Fsp3) is 0.222. The number of aromatic carboxylic acids is 1. The van der Waals surface area contributed by atoms with E-state index in [9.17, 15) is 18.3 Å². The maximum Gasteiger partial charge on any atom is 0.336 e. The lowest BCUT2D eigenvalue weighted by atomic mass is 10.0. The van der Waals surface area contributed by atoms with Gasteiger partial charge in [-0.25, -0.2) is 18.2 Å². The predicted octanol–water partition coefficient (Wildman–Crippen LogP) is 4.98. The number of hydrogen-bond acceptors (Lipinski definition) is 6. The summed E-state index contributed by atoms with van der Waals surface area (Å²) in [6.45, 7) is 5.27. The summed E-state index contributed by atoms with van der Waals surface area (Å²) >= 11 is 8.36. The molecule has 1 aromatic heterocycles. The fourth-order valence-corrected chi connectivity index (χ4v) is 6.75. The standard InChI is InChI=1S/C18H17ClN2O4S3/c1-4-21(27-18-20-15-8-12(19)5-6-16(15)26-18)28(24,25)13-7-10(2)11(3)14(9-13)17(22)23/h5-9H,4H2,1-3H3,(H,22,23). The Hall–Kier alpha value is -1.65. The molecular formula is C18H17ClN2O4S3. The molecule has 10 heteroatoms. The summed E-state index contributed by atoms with van der Waals surface area (Å²) in [6.07, 6.45) is 0. The normalized spacial score (nSPS) is 12.0. The highest BCUT2D eigenvalue weighted by Crippen LogP contribution is 2.36. The Morgan fingerprint density at radius 2 is 2.00 bits per heavy atom. The van der Waals surface area contributed by atoms with Gasteiger partial charge in [-0.1, -0.05) is 18.5 Å². The van der Waals surface area contributed by atoms with E-state index in [0.29, 0.717) is 26.0 Å². The van der Waals surface area contributed by atoms with Gasteiger partial charge in [0.25, 0.3) is 10.0 Å². The van der Waals surface area contributed by atoms with Crippen LogP contribution in [-0.4, -0.2) is 34.7 Å². The summed E-state index contributed by atoms with van der Waals surface area (Å²) in [5.41, 5.74) is 1.83. The van der Waals surface area contributed by atoms with Gasteiger partial charge in [-0.05, 0) is 55.3 Å². The van der Waals surface area contributed by atoms with Crippen molar-refractivity contribution in [2.75, 3.05) is 6.54 Å². The van der Waals surface area contributed by atoms with Gasteiger partial charge in [0.2, 0.25) is 0 Å². The third-order valence-corrected chi connectivity index (χ3v) is 8.89. The van der Waals surface area contributed by atoms with E-state index < -0.39 is 16.0 Å². The van der Waals surface area contributed by atoms with Crippen LogP contribution in [0.4, 0.5) is 0 Å². The van der Waals surface area contributed by atoms with E-state index in [1.165, 1.54) is 27.2 Å². The molecule has 0 atom stereocenters. The quantitative estimate of drug-likeness (QED) is 0.526. The minimum absolute atomic E-state index is 0.0192. The summed E-state index contributed by atoms with van der Waals surface area (Å²) in [7, 11) is -3.92. The molecule has 0 spiro atoms. The van der Waals surface area contributed by atoms with Gasteiger partial charge in [0.05, 0.1) is 20.7 Å². The Morgan fingerprint density at radius 1 is 1.29 bits per heavy atom. The smallest absolute Gasteiger partial charge is 0.336 e. The number of fused-ring (bicyclic) bond motifs is 1. The zero-order chi connectivity index (χ0) is 20.6. The Labute approximate surface area is 176 Å². The van der Waals surface area contributed by atoms with E-state index in [4.69, 9.17) is 11.6 Å². The van der Waals surface area contributed by atoms with Gasteiger partial charge in [0, 0.05) is 23.5 Å². The average Bonchev–Trinajstić information content (AvgIpc) is 3.02. The van der Waals surface area contributed by atoms with Crippen molar-refractivity contribution >= 4 is 61.1 Å². The zero-order valence-corrected chi connectivity index (χ0v) is 18.5. The molecular weight excluding hydrogens is 440 g/mol. The number of thiazole rings is 1. The third kappa shape index (κ3) is 4.04. The molecule has 28 heavy (non-hydrogen) atoms. The van der Waals surface area contributed by atoms with Gasteiger partial charge < -0.3 is 5.11 Å². The lowest BCUT2D eigenvalue weighted by molar-refractivity contribution is 0.0695. The van der Waals surface area contributed by atoms with Crippen molar-refractivity contribution in [3.05, 3.63) is 52.0 Å². The molecule has 0 aliphatic rings. The van der Waals surface area contributed by atoms with Crippen molar-refractivity contribution in [3.63, 3.8) is 0 Å². The van der Waals surface area contributed by atoms with Gasteiger partial charge in [-0.15, -0.1) is 15.0 Å². The molecule has 0 aliphatic heterocycles. The Kier molecular flexibility index (Phi) is 6.02. The van der Waals surface area contributed by atoms with Crippen molar-refractivity contribution in [1.82, 2.24) is 8.69 Å². The van der Waals surface area contributed by atoms with Crippen LogP contribution in [-0.2, 0) is 10.0 Å². The molecule has 3 aromatic rings. The van der Waals surface area contributed by atoms with Crippen molar-refractivity contribution in [2.24, 2.45) is 0 Å². The largest absolute Gasteiger partial charge is 0.478 e. The molecule has 0 fully saturated rings. The van der Waals surface area contributed by atoms with Crippen LogP contribution >= 0.6 is 34.9 Å². The summed E-state index contributed by atoms with van der Waals surface area (Å²) in [5, 5.41) is 9.94. The molecule has 0 bridgehead atoms. The molecule has 0 aliphatic carbocycles. The molecule has 0 unspecified atom stereocenters. The Morgan fingerprint density at radius 3 is 2.64 bits per heavy atom. The third-order valence-electron chi connectivity index (χ3n) is 4.21. The maximum atomic E-state index is 13.1. The number of benzene rings is 2. The number of carboxylic acid groups (broad SMARTS) is 1.